The molecule has 2 rings (SSSR count). The zero-order valence-electron chi connectivity index (χ0n) is 17.1. The topological polar surface area (TPSA) is 69.1 Å². The number of aryl methyl sites for hydroxylation is 1. The lowest BCUT2D eigenvalue weighted by Crippen LogP contribution is -2.48. The number of β-amino-alcohol motifs (C(OH)–C–C–N with tert-alkyl or cyclic N) is 1. The summed E-state index contributed by atoms with van der Waals surface area (Å²) in [6.07, 6.45) is 2.01. The monoisotopic (exact) mass is 376 g/mol. The van der Waals surface area contributed by atoms with Gasteiger partial charge in [-0.15, -0.1) is 0 Å². The third-order valence-corrected chi connectivity index (χ3v) is 4.73. The zero-order chi connectivity index (χ0) is 19.5. The van der Waals surface area contributed by atoms with Crippen LogP contribution in [0.4, 0.5) is 0 Å². The maximum absolute atomic E-state index is 10.7. The molecule has 1 fully saturated rings. The van der Waals surface area contributed by atoms with Crippen molar-refractivity contribution in [3.63, 3.8) is 0 Å². The number of hydrogen-bond donors (Lipinski definition) is 3. The van der Waals surface area contributed by atoms with Gasteiger partial charge in [0.15, 0.2) is 5.96 Å². The van der Waals surface area contributed by atoms with E-state index in [0.29, 0.717) is 13.1 Å². The molecule has 0 radical (unpaired) electrons. The molecule has 152 valence electrons. The molecular formula is C21H36N4O2. The van der Waals surface area contributed by atoms with Gasteiger partial charge in [-0.3, -0.25) is 9.89 Å². The largest absolute Gasteiger partial charge is 0.387 e. The molecule has 6 nitrogen and oxygen atoms in total. The third kappa shape index (κ3) is 8.28. The first-order valence-corrected chi connectivity index (χ1v) is 10.1. The number of benzene rings is 1. The molecule has 1 aliphatic rings. The molecule has 1 aromatic rings. The molecule has 1 atom stereocenters. The van der Waals surface area contributed by atoms with Crippen LogP contribution in [0.25, 0.3) is 0 Å². The Labute approximate surface area is 164 Å². The minimum Gasteiger partial charge on any atom is -0.387 e. The number of rotatable bonds is 9. The van der Waals surface area contributed by atoms with Crippen LogP contribution in [-0.2, 0) is 17.6 Å². The molecule has 0 aromatic heterocycles. The highest BCUT2D eigenvalue weighted by atomic mass is 16.5. The summed E-state index contributed by atoms with van der Waals surface area (Å²) < 4.78 is 5.37. The van der Waals surface area contributed by atoms with Crippen LogP contribution in [0.2, 0.25) is 0 Å². The van der Waals surface area contributed by atoms with E-state index in [0.717, 1.165) is 58.2 Å². The van der Waals surface area contributed by atoms with Crippen molar-refractivity contribution in [1.82, 2.24) is 15.5 Å². The van der Waals surface area contributed by atoms with Gasteiger partial charge in [0.05, 0.1) is 25.4 Å². The van der Waals surface area contributed by atoms with Gasteiger partial charge < -0.3 is 20.5 Å². The normalized spacial score (nSPS) is 18.1. The third-order valence-electron chi connectivity index (χ3n) is 4.73. The summed E-state index contributed by atoms with van der Waals surface area (Å²) in [5, 5.41) is 17.3. The molecule has 27 heavy (non-hydrogen) atoms. The minimum atomic E-state index is -0.852. The van der Waals surface area contributed by atoms with Gasteiger partial charge in [0.2, 0.25) is 0 Å². The highest BCUT2D eigenvalue weighted by molar-refractivity contribution is 5.79. The first-order valence-electron chi connectivity index (χ1n) is 10.1. The van der Waals surface area contributed by atoms with Gasteiger partial charge in [0.25, 0.3) is 0 Å². The molecule has 1 aliphatic heterocycles. The van der Waals surface area contributed by atoms with E-state index < -0.39 is 5.60 Å². The van der Waals surface area contributed by atoms with Crippen molar-refractivity contribution in [1.29, 1.82) is 0 Å². The fraction of sp³-hybridized carbons (Fsp3) is 0.667. The van der Waals surface area contributed by atoms with Gasteiger partial charge >= 0.3 is 0 Å². The van der Waals surface area contributed by atoms with E-state index in [4.69, 9.17) is 4.74 Å². The summed E-state index contributed by atoms with van der Waals surface area (Å²) in [5.74, 6) is 0.755. The predicted octanol–water partition coefficient (Wildman–Crippen LogP) is 1.43. The number of guanidine groups is 1. The lowest BCUT2D eigenvalue weighted by atomic mass is 10.1. The van der Waals surface area contributed by atoms with Crippen LogP contribution in [0, 0.1) is 0 Å². The first kappa shape index (κ1) is 21.7. The second-order valence-electron chi connectivity index (χ2n) is 7.43. The molecule has 0 spiro atoms. The number of morpholine rings is 1. The number of ether oxygens (including phenoxy) is 1. The summed E-state index contributed by atoms with van der Waals surface area (Å²) in [5.41, 5.74) is 1.83. The van der Waals surface area contributed by atoms with Gasteiger partial charge in [-0.25, -0.2) is 0 Å². The number of nitrogens with zero attached hydrogens (tertiary/aromatic N) is 2. The molecule has 1 aromatic carbocycles. The van der Waals surface area contributed by atoms with Crippen LogP contribution in [0.15, 0.2) is 29.3 Å². The summed E-state index contributed by atoms with van der Waals surface area (Å²) >= 11 is 0. The molecular weight excluding hydrogens is 340 g/mol. The van der Waals surface area contributed by atoms with E-state index in [9.17, 15) is 5.11 Å². The van der Waals surface area contributed by atoms with E-state index in [-0.39, 0.29) is 0 Å². The highest BCUT2D eigenvalue weighted by Crippen LogP contribution is 2.09. The Balaban J connectivity index is 1.80. The maximum Gasteiger partial charge on any atom is 0.191 e. The van der Waals surface area contributed by atoms with Crippen LogP contribution < -0.4 is 10.6 Å². The Kier molecular flexibility index (Phi) is 9.04. The SMILES string of the molecule is CCNC(=NCC(C)(O)CN1CCOCC1)NCCc1ccc(CC)cc1. The molecule has 1 saturated heterocycles. The van der Waals surface area contributed by atoms with Crippen molar-refractivity contribution < 1.29 is 9.84 Å². The molecule has 1 heterocycles. The maximum atomic E-state index is 10.7. The summed E-state index contributed by atoms with van der Waals surface area (Å²) in [7, 11) is 0. The first-order chi connectivity index (χ1) is 13.0. The van der Waals surface area contributed by atoms with Crippen molar-refractivity contribution in [2.24, 2.45) is 4.99 Å². The van der Waals surface area contributed by atoms with Gasteiger partial charge in [-0.05, 0) is 37.8 Å². The second-order valence-corrected chi connectivity index (χ2v) is 7.43. The van der Waals surface area contributed by atoms with Gasteiger partial charge in [-0.1, -0.05) is 31.2 Å². The molecule has 0 saturated carbocycles. The molecule has 3 N–H and O–H groups in total. The fourth-order valence-electron chi connectivity index (χ4n) is 3.15. The van der Waals surface area contributed by atoms with Gasteiger partial charge in [0, 0.05) is 32.7 Å². The van der Waals surface area contributed by atoms with E-state index >= 15 is 0 Å². The number of aliphatic imine (C=N–C) groups is 1. The van der Waals surface area contributed by atoms with Crippen molar-refractivity contribution in [2.75, 3.05) is 52.5 Å². The summed E-state index contributed by atoms with van der Waals surface area (Å²) in [4.78, 5) is 6.83. The Morgan fingerprint density at radius 3 is 2.44 bits per heavy atom. The van der Waals surface area contributed by atoms with E-state index in [1.807, 2.05) is 13.8 Å². The average molecular weight is 377 g/mol. The quantitative estimate of drug-likeness (QED) is 0.449. The van der Waals surface area contributed by atoms with Crippen molar-refractivity contribution in [2.45, 2.75) is 39.2 Å². The van der Waals surface area contributed by atoms with Gasteiger partial charge in [0.1, 0.15) is 0 Å². The zero-order valence-corrected chi connectivity index (χ0v) is 17.1. The van der Waals surface area contributed by atoms with E-state index in [1.165, 1.54) is 11.1 Å². The van der Waals surface area contributed by atoms with Crippen LogP contribution >= 0.6 is 0 Å². The Morgan fingerprint density at radius 2 is 1.81 bits per heavy atom. The molecule has 0 bridgehead atoms. The van der Waals surface area contributed by atoms with Crippen molar-refractivity contribution >= 4 is 5.96 Å². The second kappa shape index (κ2) is 11.3. The minimum absolute atomic E-state index is 0.366. The van der Waals surface area contributed by atoms with Crippen LogP contribution in [0.5, 0.6) is 0 Å². The Bertz CT molecular complexity index is 566. The lowest BCUT2D eigenvalue weighted by molar-refractivity contribution is -0.0179. The Morgan fingerprint density at radius 1 is 1.15 bits per heavy atom. The molecule has 0 amide bonds. The van der Waals surface area contributed by atoms with Crippen molar-refractivity contribution in [3.05, 3.63) is 35.4 Å². The molecule has 6 heteroatoms. The summed E-state index contributed by atoms with van der Waals surface area (Å²) in [6, 6.07) is 8.77. The standard InChI is InChI=1S/C21H36N4O2/c1-4-18-6-8-19(9-7-18)10-11-23-20(22-5-2)24-16-21(3,26)17-25-12-14-27-15-13-25/h6-9,26H,4-5,10-17H2,1-3H3,(H2,22,23,24). The lowest BCUT2D eigenvalue weighted by Gasteiger charge is -2.33. The van der Waals surface area contributed by atoms with Crippen LogP contribution in [-0.4, -0.2) is 74.0 Å². The number of hydrogen-bond acceptors (Lipinski definition) is 4. The fourth-order valence-corrected chi connectivity index (χ4v) is 3.15. The van der Waals surface area contributed by atoms with Crippen molar-refractivity contribution in [3.8, 4) is 0 Å². The molecule has 0 aliphatic carbocycles. The highest BCUT2D eigenvalue weighted by Gasteiger charge is 2.25. The van der Waals surface area contributed by atoms with Crippen LogP contribution in [0.1, 0.15) is 31.9 Å². The summed E-state index contributed by atoms with van der Waals surface area (Å²) in [6.45, 7) is 11.9. The Hall–Kier alpha value is -1.63. The molecule has 1 unspecified atom stereocenters. The average Bonchev–Trinajstić information content (AvgIpc) is 2.67. The predicted molar refractivity (Wildman–Crippen MR) is 111 cm³/mol. The number of nitrogens with one attached hydrogen (secondary N) is 2. The van der Waals surface area contributed by atoms with Crippen LogP contribution in [0.3, 0.4) is 0 Å². The smallest absolute Gasteiger partial charge is 0.191 e. The van der Waals surface area contributed by atoms with E-state index in [1.54, 1.807) is 0 Å². The van der Waals surface area contributed by atoms with Gasteiger partial charge in [-0.2, -0.15) is 0 Å². The van der Waals surface area contributed by atoms with E-state index in [2.05, 4.69) is 51.7 Å². The number of aliphatic hydroxyl groups is 1.